The van der Waals surface area contributed by atoms with E-state index in [1.807, 2.05) is 0 Å². The minimum atomic E-state index is -4.10. The average Bonchev–Trinajstić information content (AvgIpc) is 2.62. The second-order valence-electron chi connectivity index (χ2n) is 5.36. The van der Waals surface area contributed by atoms with Gasteiger partial charge in [0.2, 0.25) is 9.84 Å². The molecule has 132 valence electrons. The van der Waals surface area contributed by atoms with E-state index < -0.39 is 26.5 Å². The van der Waals surface area contributed by atoms with Gasteiger partial charge in [0.05, 0.1) is 22.8 Å². The number of allylic oxidation sites excluding steroid dienone is 1. The summed E-state index contributed by atoms with van der Waals surface area (Å²) in [6.07, 6.45) is 1.15. The highest BCUT2D eigenvalue weighted by Crippen LogP contribution is 2.39. The van der Waals surface area contributed by atoms with E-state index >= 15 is 0 Å². The van der Waals surface area contributed by atoms with Gasteiger partial charge in [0.25, 0.3) is 0 Å². The zero-order valence-electron chi connectivity index (χ0n) is 13.6. The Morgan fingerprint density at radius 1 is 1.27 bits per heavy atom. The van der Waals surface area contributed by atoms with Crippen LogP contribution in [0.15, 0.2) is 58.5 Å². The lowest BCUT2D eigenvalue weighted by atomic mass is 10.1. The molecule has 8 heteroatoms. The monoisotopic (exact) mass is 372 g/mol. The maximum atomic E-state index is 13.6. The molecule has 26 heavy (non-hydrogen) atoms. The Morgan fingerprint density at radius 3 is 2.73 bits per heavy atom. The number of halogens is 1. The molecule has 0 bridgehead atoms. The van der Waals surface area contributed by atoms with Crippen LogP contribution in [0.25, 0.3) is 0 Å². The molecule has 1 aliphatic rings. The summed E-state index contributed by atoms with van der Waals surface area (Å²) in [6, 6.07) is 11.2. The minimum absolute atomic E-state index is 0.186. The van der Waals surface area contributed by atoms with Gasteiger partial charge in [-0.3, -0.25) is 0 Å². The summed E-state index contributed by atoms with van der Waals surface area (Å²) >= 11 is 0. The molecule has 0 aromatic heterocycles. The Labute approximate surface area is 149 Å². The zero-order valence-corrected chi connectivity index (χ0v) is 14.5. The smallest absolute Gasteiger partial charge is 0.338 e. The van der Waals surface area contributed by atoms with Crippen molar-refractivity contribution in [1.29, 1.82) is 5.26 Å². The van der Waals surface area contributed by atoms with Gasteiger partial charge < -0.3 is 9.64 Å². The Balaban J connectivity index is 2.19. The maximum absolute atomic E-state index is 13.6. The maximum Gasteiger partial charge on any atom is 0.338 e. The molecule has 0 fully saturated rings. The Kier molecular flexibility index (Phi) is 4.49. The SMILES string of the molecule is CCOC(=O)c1cccc(N2C=C(C#N)S(=O)(=O)c3cc(F)ccc32)c1. The van der Waals surface area contributed by atoms with E-state index in [0.717, 1.165) is 18.3 Å². The lowest BCUT2D eigenvalue weighted by Crippen LogP contribution is -2.21. The van der Waals surface area contributed by atoms with Gasteiger partial charge in [0.1, 0.15) is 11.9 Å². The van der Waals surface area contributed by atoms with E-state index in [2.05, 4.69) is 0 Å². The van der Waals surface area contributed by atoms with Crippen LogP contribution in [-0.2, 0) is 14.6 Å². The van der Waals surface area contributed by atoms with Crippen molar-refractivity contribution in [2.24, 2.45) is 0 Å². The molecule has 0 saturated heterocycles. The number of nitrogens with zero attached hydrogens (tertiary/aromatic N) is 2. The number of fused-ring (bicyclic) bond motifs is 1. The van der Waals surface area contributed by atoms with Crippen molar-refractivity contribution in [2.75, 3.05) is 11.5 Å². The van der Waals surface area contributed by atoms with Crippen molar-refractivity contribution < 1.29 is 22.3 Å². The molecular formula is C18H13FN2O4S. The van der Waals surface area contributed by atoms with Crippen LogP contribution >= 0.6 is 0 Å². The number of nitriles is 1. The number of anilines is 2. The summed E-state index contributed by atoms with van der Waals surface area (Å²) in [7, 11) is -4.10. The first-order chi connectivity index (χ1) is 12.4. The third-order valence-corrected chi connectivity index (χ3v) is 5.43. The first kappa shape index (κ1) is 17.6. The van der Waals surface area contributed by atoms with Crippen LogP contribution in [0.3, 0.4) is 0 Å². The number of carbonyl (C=O) groups excluding carboxylic acids is 1. The van der Waals surface area contributed by atoms with E-state index in [1.165, 1.54) is 17.0 Å². The molecule has 1 aliphatic heterocycles. The van der Waals surface area contributed by atoms with Crippen molar-refractivity contribution in [3.8, 4) is 6.07 Å². The number of hydrogen-bond donors (Lipinski definition) is 0. The molecule has 6 nitrogen and oxygen atoms in total. The molecule has 2 aromatic carbocycles. The zero-order chi connectivity index (χ0) is 18.9. The summed E-state index contributed by atoms with van der Waals surface area (Å²) in [5.74, 6) is -1.26. The van der Waals surface area contributed by atoms with Crippen LogP contribution in [0.5, 0.6) is 0 Å². The number of sulfone groups is 1. The Hall–Kier alpha value is -3.18. The predicted molar refractivity (Wildman–Crippen MR) is 91.8 cm³/mol. The Bertz CT molecular complexity index is 1070. The molecule has 0 N–H and O–H groups in total. The Morgan fingerprint density at radius 2 is 2.04 bits per heavy atom. The predicted octanol–water partition coefficient (Wildman–Crippen LogP) is 3.29. The molecule has 3 rings (SSSR count). The number of esters is 1. The molecular weight excluding hydrogens is 359 g/mol. The fraction of sp³-hybridized carbons (Fsp3) is 0.111. The molecule has 0 unspecified atom stereocenters. The summed E-state index contributed by atoms with van der Waals surface area (Å²) in [6.45, 7) is 1.90. The molecule has 2 aromatic rings. The number of ether oxygens (including phenoxy) is 1. The topological polar surface area (TPSA) is 87.5 Å². The number of benzene rings is 2. The first-order valence-electron chi connectivity index (χ1n) is 7.61. The van der Waals surface area contributed by atoms with Gasteiger partial charge in [-0.15, -0.1) is 0 Å². The highest BCUT2D eigenvalue weighted by atomic mass is 32.2. The largest absolute Gasteiger partial charge is 0.462 e. The van der Waals surface area contributed by atoms with Gasteiger partial charge in [-0.2, -0.15) is 5.26 Å². The molecule has 0 amide bonds. The van der Waals surface area contributed by atoms with E-state index in [9.17, 15) is 22.9 Å². The normalized spacial score (nSPS) is 14.8. The minimum Gasteiger partial charge on any atom is -0.462 e. The van der Waals surface area contributed by atoms with E-state index in [0.29, 0.717) is 5.69 Å². The van der Waals surface area contributed by atoms with Crippen molar-refractivity contribution in [2.45, 2.75) is 11.8 Å². The van der Waals surface area contributed by atoms with Crippen molar-refractivity contribution in [3.63, 3.8) is 0 Å². The van der Waals surface area contributed by atoms with Crippen LogP contribution < -0.4 is 4.90 Å². The number of hydrogen-bond acceptors (Lipinski definition) is 6. The quantitative estimate of drug-likeness (QED) is 0.769. The number of carbonyl (C=O) groups is 1. The molecule has 1 heterocycles. The van der Waals surface area contributed by atoms with Crippen molar-refractivity contribution in [1.82, 2.24) is 0 Å². The average molecular weight is 372 g/mol. The number of rotatable bonds is 3. The second-order valence-corrected chi connectivity index (χ2v) is 7.25. The van der Waals surface area contributed by atoms with Gasteiger partial charge in [-0.05, 0) is 43.3 Å². The highest BCUT2D eigenvalue weighted by molar-refractivity contribution is 7.95. The summed E-state index contributed by atoms with van der Waals surface area (Å²) < 4.78 is 43.5. The van der Waals surface area contributed by atoms with Gasteiger partial charge in [-0.25, -0.2) is 17.6 Å². The van der Waals surface area contributed by atoms with Crippen LogP contribution in [0.4, 0.5) is 15.8 Å². The van der Waals surface area contributed by atoms with E-state index in [-0.39, 0.29) is 22.8 Å². The van der Waals surface area contributed by atoms with E-state index in [4.69, 9.17) is 4.74 Å². The fourth-order valence-electron chi connectivity index (χ4n) is 2.58. The van der Waals surface area contributed by atoms with Gasteiger partial charge in [-0.1, -0.05) is 6.07 Å². The van der Waals surface area contributed by atoms with Crippen molar-refractivity contribution in [3.05, 3.63) is 65.0 Å². The van der Waals surface area contributed by atoms with Gasteiger partial charge >= 0.3 is 5.97 Å². The van der Waals surface area contributed by atoms with Crippen LogP contribution in [0.2, 0.25) is 0 Å². The third kappa shape index (κ3) is 2.93. The van der Waals surface area contributed by atoms with E-state index in [1.54, 1.807) is 31.2 Å². The lowest BCUT2D eigenvalue weighted by molar-refractivity contribution is 0.0526. The van der Waals surface area contributed by atoms with Crippen LogP contribution in [-0.4, -0.2) is 21.0 Å². The first-order valence-corrected chi connectivity index (χ1v) is 9.09. The van der Waals surface area contributed by atoms with Crippen molar-refractivity contribution >= 4 is 27.2 Å². The van der Waals surface area contributed by atoms with Crippen LogP contribution in [0, 0.1) is 17.1 Å². The second kappa shape index (κ2) is 6.61. The van der Waals surface area contributed by atoms with Gasteiger partial charge in [0, 0.05) is 11.9 Å². The third-order valence-electron chi connectivity index (χ3n) is 3.75. The summed E-state index contributed by atoms with van der Waals surface area (Å²) in [4.78, 5) is 12.5. The lowest BCUT2D eigenvalue weighted by Gasteiger charge is -2.27. The summed E-state index contributed by atoms with van der Waals surface area (Å²) in [5, 5.41) is 9.21. The summed E-state index contributed by atoms with van der Waals surface area (Å²) in [5.41, 5.74) is 0.894. The van der Waals surface area contributed by atoms with Gasteiger partial charge in [0.15, 0.2) is 4.91 Å². The molecule has 0 spiro atoms. The fourth-order valence-corrected chi connectivity index (χ4v) is 3.89. The molecule has 0 aliphatic carbocycles. The molecule has 0 atom stereocenters. The highest BCUT2D eigenvalue weighted by Gasteiger charge is 2.32. The molecule has 0 saturated carbocycles. The van der Waals surface area contributed by atoms with Crippen LogP contribution in [0.1, 0.15) is 17.3 Å². The molecule has 0 radical (unpaired) electrons. The standard InChI is InChI=1S/C18H13FN2O4S/c1-2-25-18(22)12-4-3-5-14(8-12)21-11-15(10-20)26(23,24)17-9-13(19)6-7-16(17)21/h3-9,11H,2H2,1H3.